The lowest BCUT2D eigenvalue weighted by Gasteiger charge is -2.09. The summed E-state index contributed by atoms with van der Waals surface area (Å²) >= 11 is 7.58. The van der Waals surface area contributed by atoms with Gasteiger partial charge in [-0.3, -0.25) is 4.79 Å². The lowest BCUT2D eigenvalue weighted by molar-refractivity contribution is -0.116. The van der Waals surface area contributed by atoms with E-state index in [0.29, 0.717) is 29.6 Å². The summed E-state index contributed by atoms with van der Waals surface area (Å²) in [6, 6.07) is 13.6. The van der Waals surface area contributed by atoms with Gasteiger partial charge in [-0.15, -0.1) is 11.3 Å². The molecule has 0 atom stereocenters. The number of carbonyl (C=O) groups is 1. The van der Waals surface area contributed by atoms with Gasteiger partial charge in [-0.1, -0.05) is 47.5 Å². The molecule has 27 heavy (non-hydrogen) atoms. The van der Waals surface area contributed by atoms with E-state index < -0.39 is 0 Å². The topological polar surface area (TPSA) is 51.2 Å². The molecule has 6 heteroatoms. The summed E-state index contributed by atoms with van der Waals surface area (Å²) in [6.07, 6.45) is 1.02. The zero-order valence-corrected chi connectivity index (χ0v) is 16.9. The Bertz CT molecular complexity index is 939. The number of aromatic nitrogens is 1. The molecule has 0 radical (unpaired) electrons. The Labute approximate surface area is 168 Å². The first kappa shape index (κ1) is 19.4. The van der Waals surface area contributed by atoms with Crippen molar-refractivity contribution in [1.29, 1.82) is 0 Å². The van der Waals surface area contributed by atoms with Gasteiger partial charge >= 0.3 is 0 Å². The van der Waals surface area contributed by atoms with Crippen LogP contribution in [0.5, 0.6) is 5.75 Å². The van der Waals surface area contributed by atoms with Crippen molar-refractivity contribution in [3.8, 4) is 17.0 Å². The van der Waals surface area contributed by atoms with Gasteiger partial charge in [-0.25, -0.2) is 4.98 Å². The number of aryl methyl sites for hydroxylation is 2. The molecule has 0 unspecified atom stereocenters. The maximum atomic E-state index is 12.1. The van der Waals surface area contributed by atoms with E-state index in [1.54, 1.807) is 0 Å². The maximum absolute atomic E-state index is 12.1. The third kappa shape index (κ3) is 5.31. The van der Waals surface area contributed by atoms with Gasteiger partial charge in [0.25, 0.3) is 0 Å². The van der Waals surface area contributed by atoms with Gasteiger partial charge in [-0.05, 0) is 38.0 Å². The molecule has 0 saturated heterocycles. The van der Waals surface area contributed by atoms with Crippen LogP contribution >= 0.6 is 22.9 Å². The Kier molecular flexibility index (Phi) is 6.48. The van der Waals surface area contributed by atoms with Crippen molar-refractivity contribution in [2.45, 2.75) is 26.7 Å². The molecule has 0 aliphatic rings. The molecule has 1 aromatic heterocycles. The number of halogens is 1. The Morgan fingerprint density at radius 2 is 2.04 bits per heavy atom. The van der Waals surface area contributed by atoms with Crippen LogP contribution in [0.25, 0.3) is 11.3 Å². The van der Waals surface area contributed by atoms with Crippen molar-refractivity contribution in [2.24, 2.45) is 0 Å². The molecule has 1 N–H and O–H groups in total. The van der Waals surface area contributed by atoms with Crippen LogP contribution in [-0.4, -0.2) is 17.5 Å². The van der Waals surface area contributed by atoms with E-state index in [-0.39, 0.29) is 5.91 Å². The molecule has 140 valence electrons. The third-order valence-electron chi connectivity index (χ3n) is 4.04. The largest absolute Gasteiger partial charge is 0.493 e. The van der Waals surface area contributed by atoms with E-state index in [1.807, 2.05) is 48.7 Å². The van der Waals surface area contributed by atoms with E-state index in [1.165, 1.54) is 16.9 Å². The molecule has 0 spiro atoms. The molecule has 0 fully saturated rings. The number of nitrogens with zero attached hydrogens (tertiary/aromatic N) is 1. The molecule has 4 nitrogen and oxygen atoms in total. The molecule has 2 aromatic carbocycles. The number of hydrogen-bond donors (Lipinski definition) is 1. The molecule has 0 aliphatic carbocycles. The lowest BCUT2D eigenvalue weighted by atomic mass is 10.1. The number of anilines is 1. The van der Waals surface area contributed by atoms with Crippen LogP contribution < -0.4 is 10.1 Å². The van der Waals surface area contributed by atoms with E-state index in [4.69, 9.17) is 16.3 Å². The van der Waals surface area contributed by atoms with E-state index in [0.717, 1.165) is 22.6 Å². The van der Waals surface area contributed by atoms with Crippen molar-refractivity contribution in [2.75, 3.05) is 11.9 Å². The first-order valence-electron chi connectivity index (χ1n) is 8.73. The minimum Gasteiger partial charge on any atom is -0.493 e. The lowest BCUT2D eigenvalue weighted by Crippen LogP contribution is -2.12. The molecule has 3 rings (SSSR count). The zero-order valence-electron chi connectivity index (χ0n) is 15.3. The molecule has 1 heterocycles. The number of rotatable bonds is 7. The second-order valence-electron chi connectivity index (χ2n) is 6.29. The fraction of sp³-hybridized carbons (Fsp3) is 0.238. The Hall–Kier alpha value is -2.37. The van der Waals surface area contributed by atoms with Crippen molar-refractivity contribution < 1.29 is 9.53 Å². The van der Waals surface area contributed by atoms with Crippen LogP contribution in [0.2, 0.25) is 5.02 Å². The summed E-state index contributed by atoms with van der Waals surface area (Å²) < 4.78 is 5.76. The SMILES string of the molecule is Cc1ccc(OCCCC(=O)Nc2nc(-c3ccccc3Cl)cs2)c(C)c1. The first-order chi connectivity index (χ1) is 13.0. The number of amides is 1. The standard InChI is InChI=1S/C21H21ClN2O2S/c1-14-9-10-19(15(2)12-14)26-11-5-8-20(25)24-21-23-18(13-27-21)16-6-3-4-7-17(16)22/h3-4,6-7,9-10,12-13H,5,8,11H2,1-2H3,(H,23,24,25). The quantitative estimate of drug-likeness (QED) is 0.504. The number of nitrogens with one attached hydrogen (secondary N) is 1. The highest BCUT2D eigenvalue weighted by atomic mass is 35.5. The van der Waals surface area contributed by atoms with Crippen molar-refractivity contribution in [3.63, 3.8) is 0 Å². The van der Waals surface area contributed by atoms with Crippen molar-refractivity contribution in [1.82, 2.24) is 4.98 Å². The molecule has 0 aliphatic heterocycles. The number of thiazole rings is 1. The predicted molar refractivity (Wildman–Crippen MR) is 112 cm³/mol. The monoisotopic (exact) mass is 400 g/mol. The average Bonchev–Trinajstić information content (AvgIpc) is 3.08. The number of carbonyl (C=O) groups excluding carboxylic acids is 1. The number of benzene rings is 2. The van der Waals surface area contributed by atoms with Gasteiger partial charge in [0.15, 0.2) is 5.13 Å². The molecular weight excluding hydrogens is 380 g/mol. The normalized spacial score (nSPS) is 10.6. The van der Waals surface area contributed by atoms with E-state index in [9.17, 15) is 4.79 Å². The average molecular weight is 401 g/mol. The Balaban J connectivity index is 1.46. The molecule has 1 amide bonds. The summed E-state index contributed by atoms with van der Waals surface area (Å²) in [7, 11) is 0. The summed E-state index contributed by atoms with van der Waals surface area (Å²) in [5.41, 5.74) is 3.94. The predicted octanol–water partition coefficient (Wildman–Crippen LogP) is 5.88. The molecule has 0 saturated carbocycles. The van der Waals surface area contributed by atoms with Gasteiger partial charge < -0.3 is 10.1 Å². The molecule has 3 aromatic rings. The Morgan fingerprint density at radius 3 is 2.81 bits per heavy atom. The highest BCUT2D eigenvalue weighted by Crippen LogP contribution is 2.30. The summed E-state index contributed by atoms with van der Waals surface area (Å²) in [5.74, 6) is 0.796. The highest BCUT2D eigenvalue weighted by molar-refractivity contribution is 7.14. The second-order valence-corrected chi connectivity index (χ2v) is 7.55. The first-order valence-corrected chi connectivity index (χ1v) is 9.99. The second kappa shape index (κ2) is 9.02. The Morgan fingerprint density at radius 1 is 1.22 bits per heavy atom. The van der Waals surface area contributed by atoms with Crippen LogP contribution in [0.15, 0.2) is 47.8 Å². The van der Waals surface area contributed by atoms with Gasteiger partial charge in [0.1, 0.15) is 5.75 Å². The van der Waals surface area contributed by atoms with Crippen molar-refractivity contribution in [3.05, 3.63) is 64.0 Å². The maximum Gasteiger partial charge on any atom is 0.226 e. The van der Waals surface area contributed by atoms with Crippen LogP contribution in [0.4, 0.5) is 5.13 Å². The van der Waals surface area contributed by atoms with Crippen LogP contribution in [0.1, 0.15) is 24.0 Å². The van der Waals surface area contributed by atoms with Crippen LogP contribution in [-0.2, 0) is 4.79 Å². The van der Waals surface area contributed by atoms with Gasteiger partial charge in [0.2, 0.25) is 5.91 Å². The minimum absolute atomic E-state index is 0.0701. The number of ether oxygens (including phenoxy) is 1. The van der Waals surface area contributed by atoms with Gasteiger partial charge in [0.05, 0.1) is 12.3 Å². The van der Waals surface area contributed by atoms with Crippen molar-refractivity contribution >= 4 is 34.0 Å². The van der Waals surface area contributed by atoms with E-state index >= 15 is 0 Å². The van der Waals surface area contributed by atoms with Gasteiger partial charge in [-0.2, -0.15) is 0 Å². The fourth-order valence-corrected chi connectivity index (χ4v) is 3.64. The molecular formula is C21H21ClN2O2S. The molecule has 0 bridgehead atoms. The van der Waals surface area contributed by atoms with Gasteiger partial charge in [0, 0.05) is 22.4 Å². The van der Waals surface area contributed by atoms with E-state index in [2.05, 4.69) is 23.3 Å². The summed E-state index contributed by atoms with van der Waals surface area (Å²) in [6.45, 7) is 4.57. The van der Waals surface area contributed by atoms with Crippen LogP contribution in [0.3, 0.4) is 0 Å². The summed E-state index contributed by atoms with van der Waals surface area (Å²) in [4.78, 5) is 16.6. The smallest absolute Gasteiger partial charge is 0.226 e. The number of hydrogen-bond acceptors (Lipinski definition) is 4. The summed E-state index contributed by atoms with van der Waals surface area (Å²) in [5, 5.41) is 5.94. The zero-order chi connectivity index (χ0) is 19.2. The minimum atomic E-state index is -0.0701. The third-order valence-corrected chi connectivity index (χ3v) is 5.12. The fourth-order valence-electron chi connectivity index (χ4n) is 2.68. The van der Waals surface area contributed by atoms with Crippen LogP contribution in [0, 0.1) is 13.8 Å². The highest BCUT2D eigenvalue weighted by Gasteiger charge is 2.10.